The highest BCUT2D eigenvalue weighted by Gasteiger charge is 2.30. The lowest BCUT2D eigenvalue weighted by Crippen LogP contribution is -2.14. The highest BCUT2D eigenvalue weighted by atomic mass is 19.2. The first-order valence-corrected chi connectivity index (χ1v) is 5.69. The van der Waals surface area contributed by atoms with Gasteiger partial charge in [0, 0.05) is 5.92 Å². The molecule has 0 amide bonds. The summed E-state index contributed by atoms with van der Waals surface area (Å²) in [6.07, 6.45) is 2.09. The Hall–Kier alpha value is -1.82. The van der Waals surface area contributed by atoms with Crippen molar-refractivity contribution in [3.63, 3.8) is 0 Å². The highest BCUT2D eigenvalue weighted by Crippen LogP contribution is 2.39. The van der Waals surface area contributed by atoms with Gasteiger partial charge in [-0.15, -0.1) is 0 Å². The van der Waals surface area contributed by atoms with Crippen molar-refractivity contribution >= 4 is 0 Å². The molecule has 18 heavy (non-hydrogen) atoms. The summed E-state index contributed by atoms with van der Waals surface area (Å²) in [5.41, 5.74) is 6.31. The molecule has 1 aromatic heterocycles. The van der Waals surface area contributed by atoms with Crippen LogP contribution in [0.15, 0.2) is 22.7 Å². The molecule has 1 fully saturated rings. The number of nitrogens with two attached hydrogens (primary N) is 1. The van der Waals surface area contributed by atoms with Crippen LogP contribution in [-0.4, -0.2) is 10.1 Å². The van der Waals surface area contributed by atoms with E-state index in [1.807, 2.05) is 0 Å². The summed E-state index contributed by atoms with van der Waals surface area (Å²) < 4.78 is 31.0. The summed E-state index contributed by atoms with van der Waals surface area (Å²) in [7, 11) is 0. The SMILES string of the molecule is NC(c1ccc(F)c(F)c1)c1noc(C2CC2)n1. The molecule has 94 valence electrons. The second-order valence-electron chi connectivity index (χ2n) is 4.42. The lowest BCUT2D eigenvalue weighted by Gasteiger charge is -2.07. The zero-order chi connectivity index (χ0) is 12.7. The Morgan fingerprint density at radius 2 is 2.06 bits per heavy atom. The number of aromatic nitrogens is 2. The molecule has 0 radical (unpaired) electrons. The zero-order valence-electron chi connectivity index (χ0n) is 9.44. The van der Waals surface area contributed by atoms with Crippen LogP contribution in [0.4, 0.5) is 8.78 Å². The van der Waals surface area contributed by atoms with E-state index in [0.717, 1.165) is 25.0 Å². The highest BCUT2D eigenvalue weighted by molar-refractivity contribution is 5.25. The van der Waals surface area contributed by atoms with E-state index in [-0.39, 0.29) is 0 Å². The summed E-state index contributed by atoms with van der Waals surface area (Å²) >= 11 is 0. The number of hydrogen-bond acceptors (Lipinski definition) is 4. The topological polar surface area (TPSA) is 64.9 Å². The number of hydrogen-bond donors (Lipinski definition) is 1. The van der Waals surface area contributed by atoms with Crippen molar-refractivity contribution in [1.29, 1.82) is 0 Å². The van der Waals surface area contributed by atoms with E-state index < -0.39 is 17.7 Å². The Kier molecular flexibility index (Phi) is 2.59. The van der Waals surface area contributed by atoms with E-state index in [0.29, 0.717) is 23.2 Å². The summed E-state index contributed by atoms with van der Waals surface area (Å²) in [6, 6.07) is 2.78. The Bertz CT molecular complexity index is 580. The molecule has 1 heterocycles. The van der Waals surface area contributed by atoms with Gasteiger partial charge in [-0.3, -0.25) is 0 Å². The van der Waals surface area contributed by atoms with Gasteiger partial charge in [0.15, 0.2) is 17.5 Å². The second kappa shape index (κ2) is 4.13. The third kappa shape index (κ3) is 1.99. The van der Waals surface area contributed by atoms with E-state index in [9.17, 15) is 8.78 Å². The molecule has 0 saturated heterocycles. The molecular weight excluding hydrogens is 240 g/mol. The standard InChI is InChI=1S/C12H11F2N3O/c13-8-4-3-7(5-9(8)14)10(15)11-16-12(18-17-11)6-1-2-6/h3-6,10H,1-2,15H2. The van der Waals surface area contributed by atoms with Gasteiger partial charge in [-0.05, 0) is 30.5 Å². The maximum atomic E-state index is 13.1. The van der Waals surface area contributed by atoms with Crippen LogP contribution in [0, 0.1) is 11.6 Å². The van der Waals surface area contributed by atoms with Crippen LogP contribution in [0.2, 0.25) is 0 Å². The molecule has 0 bridgehead atoms. The molecule has 2 aromatic rings. The van der Waals surface area contributed by atoms with E-state index in [1.165, 1.54) is 6.07 Å². The molecule has 1 aromatic carbocycles. The van der Waals surface area contributed by atoms with Crippen molar-refractivity contribution in [1.82, 2.24) is 10.1 Å². The molecule has 3 rings (SSSR count). The molecule has 1 saturated carbocycles. The molecule has 2 N–H and O–H groups in total. The third-order valence-corrected chi connectivity index (χ3v) is 2.96. The Labute approximate surface area is 102 Å². The lowest BCUT2D eigenvalue weighted by atomic mass is 10.1. The van der Waals surface area contributed by atoms with Gasteiger partial charge in [-0.25, -0.2) is 8.78 Å². The van der Waals surface area contributed by atoms with Crippen molar-refractivity contribution < 1.29 is 13.3 Å². The number of nitrogens with zero attached hydrogens (tertiary/aromatic N) is 2. The minimum Gasteiger partial charge on any atom is -0.339 e. The van der Waals surface area contributed by atoms with E-state index in [4.69, 9.17) is 10.3 Å². The van der Waals surface area contributed by atoms with Crippen molar-refractivity contribution in [3.8, 4) is 0 Å². The maximum Gasteiger partial charge on any atom is 0.229 e. The Morgan fingerprint density at radius 3 is 2.72 bits per heavy atom. The predicted octanol–water partition coefficient (Wildman–Crippen LogP) is 2.27. The Morgan fingerprint density at radius 1 is 1.28 bits per heavy atom. The van der Waals surface area contributed by atoms with Gasteiger partial charge in [-0.1, -0.05) is 11.2 Å². The zero-order valence-corrected chi connectivity index (χ0v) is 9.44. The average molecular weight is 251 g/mol. The second-order valence-corrected chi connectivity index (χ2v) is 4.42. The number of halogens is 2. The first-order chi connectivity index (χ1) is 8.65. The van der Waals surface area contributed by atoms with E-state index in [2.05, 4.69) is 10.1 Å². The van der Waals surface area contributed by atoms with E-state index in [1.54, 1.807) is 0 Å². The monoisotopic (exact) mass is 251 g/mol. The minimum absolute atomic E-state index is 0.294. The number of benzene rings is 1. The van der Waals surface area contributed by atoms with Crippen molar-refractivity contribution in [2.24, 2.45) is 5.73 Å². The lowest BCUT2D eigenvalue weighted by molar-refractivity contribution is 0.372. The Balaban J connectivity index is 1.87. The molecule has 0 spiro atoms. The minimum atomic E-state index is -0.936. The molecule has 6 heteroatoms. The molecule has 1 atom stereocenters. The fourth-order valence-electron chi connectivity index (χ4n) is 1.72. The van der Waals surface area contributed by atoms with E-state index >= 15 is 0 Å². The molecule has 1 aliphatic carbocycles. The summed E-state index contributed by atoms with van der Waals surface area (Å²) in [6.45, 7) is 0. The summed E-state index contributed by atoms with van der Waals surface area (Å²) in [4.78, 5) is 4.18. The summed E-state index contributed by atoms with van der Waals surface area (Å²) in [5.74, 6) is -0.638. The van der Waals surface area contributed by atoms with Gasteiger partial charge in [0.25, 0.3) is 0 Å². The molecule has 4 nitrogen and oxygen atoms in total. The van der Waals surface area contributed by atoms with Crippen LogP contribution < -0.4 is 5.73 Å². The van der Waals surface area contributed by atoms with Crippen LogP contribution in [0.1, 0.15) is 42.1 Å². The van der Waals surface area contributed by atoms with Crippen molar-refractivity contribution in [3.05, 3.63) is 47.1 Å². The van der Waals surface area contributed by atoms with Crippen molar-refractivity contribution in [2.45, 2.75) is 24.8 Å². The van der Waals surface area contributed by atoms with Crippen LogP contribution in [0.3, 0.4) is 0 Å². The first-order valence-electron chi connectivity index (χ1n) is 5.69. The van der Waals surface area contributed by atoms with Crippen LogP contribution >= 0.6 is 0 Å². The normalized spacial score (nSPS) is 16.8. The maximum absolute atomic E-state index is 13.1. The number of rotatable bonds is 3. The van der Waals surface area contributed by atoms with Gasteiger partial charge >= 0.3 is 0 Å². The largest absolute Gasteiger partial charge is 0.339 e. The average Bonchev–Trinajstić information content (AvgIpc) is 3.10. The molecule has 0 aliphatic heterocycles. The van der Waals surface area contributed by atoms with Gasteiger partial charge in [0.1, 0.15) is 0 Å². The van der Waals surface area contributed by atoms with Gasteiger partial charge in [0.2, 0.25) is 5.89 Å². The molecule has 1 unspecified atom stereocenters. The van der Waals surface area contributed by atoms with Gasteiger partial charge in [-0.2, -0.15) is 4.98 Å². The first kappa shape index (κ1) is 11.3. The van der Waals surface area contributed by atoms with Crippen LogP contribution in [0.25, 0.3) is 0 Å². The predicted molar refractivity (Wildman–Crippen MR) is 58.7 cm³/mol. The molecule has 1 aliphatic rings. The third-order valence-electron chi connectivity index (χ3n) is 2.96. The van der Waals surface area contributed by atoms with Gasteiger partial charge < -0.3 is 10.3 Å². The summed E-state index contributed by atoms with van der Waals surface area (Å²) in [5, 5.41) is 3.78. The van der Waals surface area contributed by atoms with Crippen LogP contribution in [0.5, 0.6) is 0 Å². The van der Waals surface area contributed by atoms with Crippen molar-refractivity contribution in [2.75, 3.05) is 0 Å². The smallest absolute Gasteiger partial charge is 0.229 e. The fourth-order valence-corrected chi connectivity index (χ4v) is 1.72. The molecular formula is C12H11F2N3O. The fraction of sp³-hybridized carbons (Fsp3) is 0.333. The van der Waals surface area contributed by atoms with Gasteiger partial charge in [0.05, 0.1) is 6.04 Å². The quantitative estimate of drug-likeness (QED) is 0.908. The van der Waals surface area contributed by atoms with Crippen LogP contribution in [-0.2, 0) is 0 Å².